The molecule has 1 atom stereocenters. The minimum Gasteiger partial charge on any atom is -0.497 e. The van der Waals surface area contributed by atoms with Crippen molar-refractivity contribution in [3.63, 3.8) is 0 Å². The summed E-state index contributed by atoms with van der Waals surface area (Å²) < 4.78 is 5.17. The van der Waals surface area contributed by atoms with Crippen molar-refractivity contribution >= 4 is 5.57 Å². The Morgan fingerprint density at radius 1 is 1.09 bits per heavy atom. The first-order chi connectivity index (χ1) is 10.6. The maximum Gasteiger partial charge on any atom is 0.118 e. The van der Waals surface area contributed by atoms with Crippen molar-refractivity contribution in [3.05, 3.63) is 71.8 Å². The van der Waals surface area contributed by atoms with E-state index in [-0.39, 0.29) is 0 Å². The van der Waals surface area contributed by atoms with Crippen molar-refractivity contribution in [2.24, 2.45) is 0 Å². The Morgan fingerprint density at radius 2 is 1.73 bits per heavy atom. The van der Waals surface area contributed by atoms with Crippen molar-refractivity contribution in [1.29, 1.82) is 0 Å². The molecule has 0 radical (unpaired) electrons. The van der Waals surface area contributed by atoms with Gasteiger partial charge in [-0.2, -0.15) is 0 Å². The van der Waals surface area contributed by atoms with E-state index in [1.165, 1.54) is 0 Å². The lowest BCUT2D eigenvalue weighted by molar-refractivity contribution is 0.237. The van der Waals surface area contributed by atoms with Crippen LogP contribution in [0.4, 0.5) is 0 Å². The summed E-state index contributed by atoms with van der Waals surface area (Å²) in [7, 11) is 5.66. The Hall–Kier alpha value is -2.10. The lowest BCUT2D eigenvalue weighted by atomic mass is 9.94. The molecular weight excluding hydrogens is 274 g/mol. The number of hydrogen-bond acceptors (Lipinski definition) is 3. The fraction of sp³-hybridized carbons (Fsp3) is 0.263. The Morgan fingerprint density at radius 3 is 2.27 bits per heavy atom. The van der Waals surface area contributed by atoms with Crippen LogP contribution >= 0.6 is 0 Å². The summed E-state index contributed by atoms with van der Waals surface area (Å²) in [6.07, 6.45) is 1.41. The molecular formula is C19H23NO2. The molecule has 2 aromatic carbocycles. The van der Waals surface area contributed by atoms with Gasteiger partial charge in [-0.25, -0.2) is 0 Å². The summed E-state index contributed by atoms with van der Waals surface area (Å²) in [5.74, 6) is 0.787. The van der Waals surface area contributed by atoms with Crippen LogP contribution in [-0.2, 0) is 0 Å². The third kappa shape index (κ3) is 4.20. The monoisotopic (exact) mass is 297 g/mol. The van der Waals surface area contributed by atoms with Crippen molar-refractivity contribution in [1.82, 2.24) is 4.90 Å². The predicted octanol–water partition coefficient (Wildman–Crippen LogP) is 3.37. The summed E-state index contributed by atoms with van der Waals surface area (Å²) in [5, 5.41) is 10.8. The van der Waals surface area contributed by atoms with E-state index in [4.69, 9.17) is 4.74 Å². The quantitative estimate of drug-likeness (QED) is 0.887. The Kier molecular flexibility index (Phi) is 5.75. The number of hydrogen-bond donors (Lipinski definition) is 1. The van der Waals surface area contributed by atoms with Crippen molar-refractivity contribution in [2.45, 2.75) is 6.10 Å². The summed E-state index contributed by atoms with van der Waals surface area (Å²) in [6.45, 7) is 0.775. The van der Waals surface area contributed by atoms with Crippen LogP contribution in [0.15, 0.2) is 60.7 Å². The van der Waals surface area contributed by atoms with Gasteiger partial charge in [-0.1, -0.05) is 48.5 Å². The zero-order chi connectivity index (χ0) is 15.9. The standard InChI is InChI=1S/C19H23NO2/c1-20(2)14-13-18(15-7-5-4-6-8-15)19(21)16-9-11-17(22-3)12-10-16/h4-13,19,21H,14H2,1-3H3. The maximum absolute atomic E-state index is 10.8. The van der Waals surface area contributed by atoms with Gasteiger partial charge in [0.05, 0.1) is 7.11 Å². The first-order valence-corrected chi connectivity index (χ1v) is 7.34. The molecule has 0 amide bonds. The van der Waals surface area contributed by atoms with Crippen LogP contribution in [0.2, 0.25) is 0 Å². The van der Waals surface area contributed by atoms with Gasteiger partial charge >= 0.3 is 0 Å². The SMILES string of the molecule is COc1ccc(C(O)C(=CCN(C)C)c2ccccc2)cc1. The molecule has 0 saturated heterocycles. The number of aliphatic hydroxyl groups excluding tert-OH is 1. The van der Waals surface area contributed by atoms with Gasteiger partial charge in [0.25, 0.3) is 0 Å². The molecule has 0 fully saturated rings. The highest BCUT2D eigenvalue weighted by Crippen LogP contribution is 2.30. The van der Waals surface area contributed by atoms with Gasteiger partial charge < -0.3 is 14.7 Å². The van der Waals surface area contributed by atoms with Gasteiger partial charge in [-0.15, -0.1) is 0 Å². The van der Waals surface area contributed by atoms with Crippen LogP contribution in [0, 0.1) is 0 Å². The number of aliphatic hydroxyl groups is 1. The van der Waals surface area contributed by atoms with Crippen LogP contribution < -0.4 is 4.74 Å². The molecule has 0 spiro atoms. The Bertz CT molecular complexity index is 603. The number of rotatable bonds is 6. The van der Waals surface area contributed by atoms with Gasteiger partial charge in [-0.05, 0) is 42.9 Å². The molecule has 0 aliphatic heterocycles. The van der Waals surface area contributed by atoms with E-state index in [1.54, 1.807) is 7.11 Å². The summed E-state index contributed by atoms with van der Waals surface area (Å²) in [6, 6.07) is 17.5. The van der Waals surface area contributed by atoms with Gasteiger partial charge in [0.15, 0.2) is 0 Å². The van der Waals surface area contributed by atoms with Gasteiger partial charge in [0.1, 0.15) is 11.9 Å². The Labute approximate surface area is 132 Å². The van der Waals surface area contributed by atoms with Crippen LogP contribution in [0.3, 0.4) is 0 Å². The Balaban J connectivity index is 2.33. The molecule has 0 saturated carbocycles. The fourth-order valence-corrected chi connectivity index (χ4v) is 2.26. The minimum atomic E-state index is -0.659. The van der Waals surface area contributed by atoms with Crippen molar-refractivity contribution < 1.29 is 9.84 Å². The smallest absolute Gasteiger partial charge is 0.118 e. The van der Waals surface area contributed by atoms with Crippen LogP contribution in [0.25, 0.3) is 5.57 Å². The second-order valence-corrected chi connectivity index (χ2v) is 5.46. The van der Waals surface area contributed by atoms with Crippen molar-refractivity contribution in [2.75, 3.05) is 27.7 Å². The molecule has 2 aromatic rings. The summed E-state index contributed by atoms with van der Waals surface area (Å²) in [4.78, 5) is 2.07. The van der Waals surface area contributed by atoms with E-state index < -0.39 is 6.10 Å². The van der Waals surface area contributed by atoms with E-state index in [1.807, 2.05) is 68.7 Å². The fourth-order valence-electron chi connectivity index (χ4n) is 2.26. The lowest BCUT2D eigenvalue weighted by Crippen LogP contribution is -2.12. The maximum atomic E-state index is 10.8. The third-order valence-electron chi connectivity index (χ3n) is 3.51. The molecule has 0 aliphatic rings. The average molecular weight is 297 g/mol. The molecule has 3 heteroatoms. The molecule has 0 heterocycles. The lowest BCUT2D eigenvalue weighted by Gasteiger charge is -2.18. The van der Waals surface area contributed by atoms with E-state index in [9.17, 15) is 5.11 Å². The first kappa shape index (κ1) is 16.3. The summed E-state index contributed by atoms with van der Waals surface area (Å²) in [5.41, 5.74) is 2.81. The minimum absolute atomic E-state index is 0.659. The third-order valence-corrected chi connectivity index (χ3v) is 3.51. The number of methoxy groups -OCH3 is 1. The van der Waals surface area contributed by atoms with Crippen LogP contribution in [-0.4, -0.2) is 37.8 Å². The van der Waals surface area contributed by atoms with Crippen molar-refractivity contribution in [3.8, 4) is 5.75 Å². The topological polar surface area (TPSA) is 32.7 Å². The zero-order valence-electron chi connectivity index (χ0n) is 13.4. The van der Waals surface area contributed by atoms with E-state index in [0.717, 1.165) is 29.0 Å². The van der Waals surface area contributed by atoms with Gasteiger partial charge in [0.2, 0.25) is 0 Å². The predicted molar refractivity (Wildman–Crippen MR) is 90.9 cm³/mol. The number of ether oxygens (including phenoxy) is 1. The second-order valence-electron chi connectivity index (χ2n) is 5.46. The molecule has 0 aromatic heterocycles. The summed E-state index contributed by atoms with van der Waals surface area (Å²) >= 11 is 0. The molecule has 2 rings (SSSR count). The zero-order valence-corrected chi connectivity index (χ0v) is 13.4. The normalized spacial score (nSPS) is 13.2. The molecule has 1 N–H and O–H groups in total. The highest BCUT2D eigenvalue weighted by atomic mass is 16.5. The van der Waals surface area contributed by atoms with E-state index >= 15 is 0 Å². The number of likely N-dealkylation sites (N-methyl/N-ethyl adjacent to an activating group) is 1. The number of benzene rings is 2. The van der Waals surface area contributed by atoms with Crippen LogP contribution in [0.1, 0.15) is 17.2 Å². The molecule has 3 nitrogen and oxygen atoms in total. The van der Waals surface area contributed by atoms with E-state index in [0.29, 0.717) is 0 Å². The highest BCUT2D eigenvalue weighted by Gasteiger charge is 2.15. The second kappa shape index (κ2) is 7.78. The molecule has 0 aliphatic carbocycles. The van der Waals surface area contributed by atoms with Gasteiger partial charge in [-0.3, -0.25) is 0 Å². The van der Waals surface area contributed by atoms with Gasteiger partial charge in [0, 0.05) is 6.54 Å². The highest BCUT2D eigenvalue weighted by molar-refractivity contribution is 5.70. The average Bonchev–Trinajstić information content (AvgIpc) is 2.55. The molecule has 22 heavy (non-hydrogen) atoms. The number of nitrogens with zero attached hydrogens (tertiary/aromatic N) is 1. The molecule has 0 bridgehead atoms. The van der Waals surface area contributed by atoms with Crippen LogP contribution in [0.5, 0.6) is 5.75 Å². The molecule has 1 unspecified atom stereocenters. The first-order valence-electron chi connectivity index (χ1n) is 7.34. The largest absolute Gasteiger partial charge is 0.497 e. The molecule has 116 valence electrons. The van der Waals surface area contributed by atoms with E-state index in [2.05, 4.69) is 11.0 Å².